The van der Waals surface area contributed by atoms with E-state index in [4.69, 9.17) is 35.3 Å². The fourth-order valence-electron chi connectivity index (χ4n) is 2.50. The van der Waals surface area contributed by atoms with Crippen LogP contribution >= 0.6 is 11.6 Å². The fraction of sp³-hybridized carbons (Fsp3) is 0.316. The summed E-state index contributed by atoms with van der Waals surface area (Å²) in [5.41, 5.74) is 1.53. The van der Waals surface area contributed by atoms with Crippen LogP contribution in [0.4, 0.5) is 0 Å². The molecule has 138 valence electrons. The molecule has 3 rings (SSSR count). The Hall–Kier alpha value is -2.44. The average molecular weight is 379 g/mol. The molecule has 7 heteroatoms. The van der Waals surface area contributed by atoms with Crippen LogP contribution < -0.4 is 14.2 Å². The molecule has 6 nitrogen and oxygen atoms in total. The van der Waals surface area contributed by atoms with Crippen molar-refractivity contribution in [3.05, 3.63) is 52.5 Å². The molecule has 2 aromatic carbocycles. The zero-order chi connectivity index (χ0) is 18.4. The molecule has 0 saturated heterocycles. The van der Waals surface area contributed by atoms with Crippen molar-refractivity contribution in [2.75, 3.05) is 20.0 Å². The highest BCUT2D eigenvalue weighted by atomic mass is 35.5. The largest absolute Gasteiger partial charge is 0.494 e. The van der Waals surface area contributed by atoms with Crippen molar-refractivity contribution in [3.63, 3.8) is 0 Å². The zero-order valence-electron chi connectivity index (χ0n) is 14.3. The number of hydrogen-bond acceptors (Lipinski definition) is 6. The lowest BCUT2D eigenvalue weighted by Gasteiger charge is -2.21. The molecule has 0 amide bonds. The summed E-state index contributed by atoms with van der Waals surface area (Å²) in [6.07, 6.45) is 0. The summed E-state index contributed by atoms with van der Waals surface area (Å²) in [6.45, 7) is 2.94. The second kappa shape index (κ2) is 8.78. The standard InChI is InChI=1S/C19H19ClO6/c1-2-23-16-3-5-17(6-4-16)24-11-18(21)25-10-14-8-15(20)7-13-9-22-12-26-19(13)14/h3-8H,2,9-12H2,1H3. The van der Waals surface area contributed by atoms with Gasteiger partial charge >= 0.3 is 5.97 Å². The van der Waals surface area contributed by atoms with E-state index in [1.165, 1.54) is 0 Å². The molecule has 0 atom stereocenters. The smallest absolute Gasteiger partial charge is 0.344 e. The molecule has 1 aliphatic rings. The monoisotopic (exact) mass is 378 g/mol. The van der Waals surface area contributed by atoms with E-state index in [0.717, 1.165) is 11.3 Å². The van der Waals surface area contributed by atoms with Gasteiger partial charge in [0.05, 0.1) is 13.2 Å². The lowest BCUT2D eigenvalue weighted by atomic mass is 10.1. The Bertz CT molecular complexity index is 759. The van der Waals surface area contributed by atoms with Gasteiger partial charge in [-0.05, 0) is 43.3 Å². The van der Waals surface area contributed by atoms with Gasteiger partial charge < -0.3 is 23.7 Å². The van der Waals surface area contributed by atoms with E-state index in [9.17, 15) is 4.79 Å². The van der Waals surface area contributed by atoms with Gasteiger partial charge in [-0.2, -0.15) is 0 Å². The second-order valence-corrected chi connectivity index (χ2v) is 5.95. The molecule has 0 saturated carbocycles. The third-order valence-corrected chi connectivity index (χ3v) is 3.85. The zero-order valence-corrected chi connectivity index (χ0v) is 15.1. The summed E-state index contributed by atoms with van der Waals surface area (Å²) in [5.74, 6) is 1.48. The highest BCUT2D eigenvalue weighted by Crippen LogP contribution is 2.32. The predicted octanol–water partition coefficient (Wildman–Crippen LogP) is 3.73. The number of esters is 1. The van der Waals surface area contributed by atoms with Crippen LogP contribution in [0.3, 0.4) is 0 Å². The van der Waals surface area contributed by atoms with Gasteiger partial charge in [-0.15, -0.1) is 0 Å². The van der Waals surface area contributed by atoms with E-state index >= 15 is 0 Å². The van der Waals surface area contributed by atoms with Gasteiger partial charge in [0.1, 0.15) is 23.9 Å². The van der Waals surface area contributed by atoms with E-state index in [1.54, 1.807) is 36.4 Å². The van der Waals surface area contributed by atoms with Crippen LogP contribution in [0.2, 0.25) is 5.02 Å². The molecule has 2 aromatic rings. The third kappa shape index (κ3) is 4.80. The second-order valence-electron chi connectivity index (χ2n) is 5.52. The number of fused-ring (bicyclic) bond motifs is 1. The molecule has 26 heavy (non-hydrogen) atoms. The minimum Gasteiger partial charge on any atom is -0.494 e. The minimum absolute atomic E-state index is 0.0500. The van der Waals surface area contributed by atoms with Gasteiger partial charge in [0.15, 0.2) is 13.4 Å². The molecule has 1 aliphatic heterocycles. The Morgan fingerprint density at radius 1 is 1.15 bits per heavy atom. The molecule has 0 aromatic heterocycles. The number of hydrogen-bond donors (Lipinski definition) is 0. The first-order chi connectivity index (χ1) is 12.7. The van der Waals surface area contributed by atoms with Crippen molar-refractivity contribution < 1.29 is 28.5 Å². The van der Waals surface area contributed by atoms with Crippen LogP contribution in [0.15, 0.2) is 36.4 Å². The van der Waals surface area contributed by atoms with Crippen LogP contribution in [-0.4, -0.2) is 26.0 Å². The summed E-state index contributed by atoms with van der Waals surface area (Å²) in [7, 11) is 0. The van der Waals surface area contributed by atoms with Crippen LogP contribution in [0, 0.1) is 0 Å². The van der Waals surface area contributed by atoms with Gasteiger partial charge in [0, 0.05) is 16.1 Å². The molecule has 0 fully saturated rings. The first-order valence-corrected chi connectivity index (χ1v) is 8.56. The quantitative estimate of drug-likeness (QED) is 0.684. The van der Waals surface area contributed by atoms with Crippen molar-refractivity contribution >= 4 is 17.6 Å². The van der Waals surface area contributed by atoms with Gasteiger partial charge in [-0.3, -0.25) is 0 Å². The lowest BCUT2D eigenvalue weighted by molar-refractivity contribution is -0.147. The van der Waals surface area contributed by atoms with Gasteiger partial charge in [-0.1, -0.05) is 11.6 Å². The highest BCUT2D eigenvalue weighted by molar-refractivity contribution is 6.30. The molecular formula is C19H19ClO6. The number of carbonyl (C=O) groups excluding carboxylic acids is 1. The Morgan fingerprint density at radius 3 is 2.62 bits per heavy atom. The molecule has 1 heterocycles. The minimum atomic E-state index is -0.486. The van der Waals surface area contributed by atoms with Gasteiger partial charge in [0.25, 0.3) is 0 Å². The van der Waals surface area contributed by atoms with Crippen LogP contribution in [0.5, 0.6) is 17.2 Å². The maximum absolute atomic E-state index is 11.9. The Balaban J connectivity index is 1.52. The van der Waals surface area contributed by atoms with Gasteiger partial charge in [-0.25, -0.2) is 4.79 Å². The summed E-state index contributed by atoms with van der Waals surface area (Å²) in [6, 6.07) is 10.5. The predicted molar refractivity (Wildman–Crippen MR) is 94.6 cm³/mol. The van der Waals surface area contributed by atoms with Crippen LogP contribution in [0.25, 0.3) is 0 Å². The summed E-state index contributed by atoms with van der Waals surface area (Å²) < 4.78 is 26.7. The Labute approximate surface area is 156 Å². The van der Waals surface area contributed by atoms with E-state index < -0.39 is 5.97 Å². The maximum atomic E-state index is 11.9. The molecule has 0 radical (unpaired) electrons. The Morgan fingerprint density at radius 2 is 1.88 bits per heavy atom. The number of rotatable bonds is 7. The van der Waals surface area contributed by atoms with Crippen molar-refractivity contribution in [1.29, 1.82) is 0 Å². The summed E-state index contributed by atoms with van der Waals surface area (Å²) in [4.78, 5) is 11.9. The van der Waals surface area contributed by atoms with Crippen molar-refractivity contribution in [1.82, 2.24) is 0 Å². The van der Waals surface area contributed by atoms with Gasteiger partial charge in [0.2, 0.25) is 0 Å². The molecule has 0 N–H and O–H groups in total. The lowest BCUT2D eigenvalue weighted by Crippen LogP contribution is -2.17. The van der Waals surface area contributed by atoms with Crippen molar-refractivity contribution in [3.8, 4) is 17.2 Å². The van der Waals surface area contributed by atoms with E-state index in [1.807, 2.05) is 6.92 Å². The normalized spacial score (nSPS) is 12.7. The number of ether oxygens (including phenoxy) is 5. The molecule has 0 spiro atoms. The highest BCUT2D eigenvalue weighted by Gasteiger charge is 2.17. The average Bonchev–Trinajstić information content (AvgIpc) is 2.65. The molecule has 0 bridgehead atoms. The van der Waals surface area contributed by atoms with Crippen molar-refractivity contribution in [2.45, 2.75) is 20.1 Å². The molecule has 0 aliphatic carbocycles. The first-order valence-electron chi connectivity index (χ1n) is 8.19. The number of carbonyl (C=O) groups is 1. The molecule has 0 unspecified atom stereocenters. The number of benzene rings is 2. The fourth-order valence-corrected chi connectivity index (χ4v) is 2.77. The van der Waals surface area contributed by atoms with Crippen LogP contribution in [-0.2, 0) is 27.5 Å². The van der Waals surface area contributed by atoms with Crippen molar-refractivity contribution in [2.24, 2.45) is 0 Å². The topological polar surface area (TPSA) is 63.2 Å². The molecular weight excluding hydrogens is 360 g/mol. The Kier molecular flexibility index (Phi) is 6.20. The first kappa shape index (κ1) is 18.4. The SMILES string of the molecule is CCOc1ccc(OCC(=O)OCc2cc(Cl)cc3c2OCOC3)cc1. The van der Waals surface area contributed by atoms with E-state index in [-0.39, 0.29) is 20.0 Å². The van der Waals surface area contributed by atoms with E-state index in [2.05, 4.69) is 0 Å². The summed E-state index contributed by atoms with van der Waals surface area (Å²) in [5, 5.41) is 0.537. The third-order valence-electron chi connectivity index (χ3n) is 3.63. The number of halogens is 1. The van der Waals surface area contributed by atoms with Crippen LogP contribution in [0.1, 0.15) is 18.1 Å². The van der Waals surface area contributed by atoms with E-state index in [0.29, 0.717) is 35.3 Å². The summed E-state index contributed by atoms with van der Waals surface area (Å²) >= 11 is 6.09. The maximum Gasteiger partial charge on any atom is 0.344 e.